The van der Waals surface area contributed by atoms with E-state index in [1.165, 1.54) is 11.1 Å². The van der Waals surface area contributed by atoms with Gasteiger partial charge in [-0.2, -0.15) is 71.8 Å². The molecule has 4 aromatic rings. The maximum atomic E-state index is 5.17. The van der Waals surface area contributed by atoms with Gasteiger partial charge in [-0.25, -0.2) is 24.3 Å². The maximum absolute atomic E-state index is 5.17. The molecule has 0 bridgehead atoms. The van der Waals surface area contributed by atoms with Crippen LogP contribution in [0.25, 0.3) is 0 Å². The number of rotatable bonds is 6. The van der Waals surface area contributed by atoms with Gasteiger partial charge in [-0.05, 0) is 13.8 Å². The number of ether oxygens (including phenoxy) is 2. The summed E-state index contributed by atoms with van der Waals surface area (Å²) >= 11 is 0. The molecule has 0 amide bonds. The molecule has 0 spiro atoms. The Labute approximate surface area is 228 Å². The van der Waals surface area contributed by atoms with E-state index < -0.39 is 0 Å². The summed E-state index contributed by atoms with van der Waals surface area (Å²) in [7, 11) is 0. The molecule has 0 saturated heterocycles. The average molecular weight is 505 g/mol. The van der Waals surface area contributed by atoms with E-state index in [0.29, 0.717) is 11.8 Å². The SMILES string of the molecule is CC(C)[c-]1cccc1.CC(C)[c-]1cccc1.CCOc1c[c-]ccc1.CCOc1c[c-]ccc1.[Ti+4]. The van der Waals surface area contributed by atoms with Gasteiger partial charge in [0.2, 0.25) is 0 Å². The third-order valence-electron chi connectivity index (χ3n) is 4.69. The first kappa shape index (κ1) is 32.5. The molecule has 35 heavy (non-hydrogen) atoms. The molecule has 4 aromatic carbocycles. The van der Waals surface area contributed by atoms with Gasteiger partial charge in [0, 0.05) is 11.5 Å². The van der Waals surface area contributed by atoms with E-state index in [4.69, 9.17) is 9.47 Å². The van der Waals surface area contributed by atoms with Gasteiger partial charge in [0.1, 0.15) is 0 Å². The topological polar surface area (TPSA) is 18.5 Å². The third-order valence-corrected chi connectivity index (χ3v) is 4.69. The van der Waals surface area contributed by atoms with Crippen LogP contribution in [0.1, 0.15) is 64.5 Å². The Balaban J connectivity index is 0.000000437. The van der Waals surface area contributed by atoms with E-state index in [2.05, 4.69) is 88.4 Å². The van der Waals surface area contributed by atoms with E-state index in [0.717, 1.165) is 24.7 Å². The number of hydrogen-bond donors (Lipinski definition) is 0. The summed E-state index contributed by atoms with van der Waals surface area (Å²) in [6.07, 6.45) is 0. The fourth-order valence-corrected chi connectivity index (χ4v) is 2.81. The molecule has 0 aliphatic heterocycles. The fourth-order valence-electron chi connectivity index (χ4n) is 2.81. The molecule has 0 fully saturated rings. The van der Waals surface area contributed by atoms with Gasteiger partial charge in [-0.15, -0.1) is 24.3 Å². The summed E-state index contributed by atoms with van der Waals surface area (Å²) in [6.45, 7) is 14.2. The summed E-state index contributed by atoms with van der Waals surface area (Å²) < 4.78 is 10.3. The van der Waals surface area contributed by atoms with Gasteiger partial charge in [0.05, 0.1) is 13.2 Å². The molecule has 0 radical (unpaired) electrons. The zero-order chi connectivity index (χ0) is 25.0. The smallest absolute Gasteiger partial charge is 0.551 e. The van der Waals surface area contributed by atoms with Crippen LogP contribution in [0.3, 0.4) is 0 Å². The normalized spacial score (nSPS) is 9.37. The quantitative estimate of drug-likeness (QED) is 0.193. The van der Waals surface area contributed by atoms with Crippen molar-refractivity contribution < 1.29 is 31.2 Å². The minimum atomic E-state index is 0. The van der Waals surface area contributed by atoms with Gasteiger partial charge in [0.15, 0.2) is 0 Å². The Morgan fingerprint density at radius 1 is 0.629 bits per heavy atom. The Bertz CT molecular complexity index is 833. The van der Waals surface area contributed by atoms with Crippen LogP contribution < -0.4 is 9.47 Å². The third kappa shape index (κ3) is 15.9. The van der Waals surface area contributed by atoms with Crippen LogP contribution >= 0.6 is 0 Å². The summed E-state index contributed by atoms with van der Waals surface area (Å²) in [6, 6.07) is 37.8. The second-order valence-corrected chi connectivity index (χ2v) is 8.09. The Hall–Kier alpha value is -2.55. The standard InChI is InChI=1S/2C8H9O.2C8H11.Ti/c2*1-2-9-8-6-4-3-5-7-8;2*1-7(2)8-5-3-4-6-8;/h2*3-4,6-7H,2H2,1H3;2*3-7H,1-2H3;/q4*-1;+4. The number of hydrogen-bond acceptors (Lipinski definition) is 2. The summed E-state index contributed by atoms with van der Waals surface area (Å²) in [5.74, 6) is 3.15. The maximum Gasteiger partial charge on any atom is 4.00 e. The molecule has 0 aliphatic rings. The van der Waals surface area contributed by atoms with Gasteiger partial charge < -0.3 is 9.47 Å². The minimum Gasteiger partial charge on any atom is -0.551 e. The Kier molecular flexibility index (Phi) is 19.3. The van der Waals surface area contributed by atoms with E-state index in [9.17, 15) is 0 Å². The Morgan fingerprint density at radius 3 is 1.17 bits per heavy atom. The first-order valence-corrected chi connectivity index (χ1v) is 12.1. The van der Waals surface area contributed by atoms with Crippen LogP contribution in [0.15, 0.2) is 97.1 Å². The molecule has 0 unspecified atom stereocenters. The monoisotopic (exact) mass is 504 g/mol. The molecule has 0 saturated carbocycles. The fraction of sp³-hybridized carbons (Fsp3) is 0.312. The van der Waals surface area contributed by atoms with Crippen molar-refractivity contribution in [1.29, 1.82) is 0 Å². The van der Waals surface area contributed by atoms with E-state index in [1.807, 2.05) is 62.4 Å². The molecule has 4 rings (SSSR count). The second-order valence-electron chi connectivity index (χ2n) is 8.09. The predicted octanol–water partition coefficient (Wildman–Crippen LogP) is 8.83. The molecule has 3 heteroatoms. The van der Waals surface area contributed by atoms with Gasteiger partial charge >= 0.3 is 21.7 Å². The second kappa shape index (κ2) is 20.8. The molecule has 0 atom stereocenters. The predicted molar refractivity (Wildman–Crippen MR) is 145 cm³/mol. The molecular formula is C32H40O2Ti. The van der Waals surface area contributed by atoms with Gasteiger partial charge in [-0.1, -0.05) is 39.5 Å². The molecule has 0 aromatic heterocycles. The zero-order valence-corrected chi connectivity index (χ0v) is 23.7. The van der Waals surface area contributed by atoms with Crippen LogP contribution in [0, 0.1) is 12.1 Å². The molecule has 2 nitrogen and oxygen atoms in total. The van der Waals surface area contributed by atoms with Crippen LogP contribution in [-0.2, 0) is 21.7 Å². The summed E-state index contributed by atoms with van der Waals surface area (Å²) in [5.41, 5.74) is 2.87. The van der Waals surface area contributed by atoms with Crippen molar-refractivity contribution in [3.63, 3.8) is 0 Å². The van der Waals surface area contributed by atoms with Crippen molar-refractivity contribution in [3.8, 4) is 11.5 Å². The van der Waals surface area contributed by atoms with Crippen molar-refractivity contribution in [2.24, 2.45) is 0 Å². The molecule has 0 N–H and O–H groups in total. The first-order chi connectivity index (χ1) is 16.5. The zero-order valence-electron chi connectivity index (χ0n) is 22.1. The number of benzene rings is 2. The van der Waals surface area contributed by atoms with Crippen molar-refractivity contribution in [1.82, 2.24) is 0 Å². The van der Waals surface area contributed by atoms with Crippen molar-refractivity contribution in [2.75, 3.05) is 13.2 Å². The van der Waals surface area contributed by atoms with E-state index in [-0.39, 0.29) is 21.7 Å². The van der Waals surface area contributed by atoms with Crippen LogP contribution in [0.2, 0.25) is 0 Å². The minimum absolute atomic E-state index is 0. The van der Waals surface area contributed by atoms with Crippen LogP contribution in [0.4, 0.5) is 0 Å². The van der Waals surface area contributed by atoms with Crippen molar-refractivity contribution in [2.45, 2.75) is 53.4 Å². The van der Waals surface area contributed by atoms with E-state index in [1.54, 1.807) is 0 Å². The molecular weight excluding hydrogens is 464 g/mol. The van der Waals surface area contributed by atoms with Crippen molar-refractivity contribution in [3.05, 3.63) is 120 Å². The van der Waals surface area contributed by atoms with Gasteiger partial charge in [-0.3, -0.25) is 0 Å². The average Bonchev–Trinajstić information content (AvgIpc) is 3.57. The first-order valence-electron chi connectivity index (χ1n) is 12.1. The van der Waals surface area contributed by atoms with E-state index >= 15 is 0 Å². The van der Waals surface area contributed by atoms with Crippen LogP contribution in [-0.4, -0.2) is 13.2 Å². The van der Waals surface area contributed by atoms with Crippen LogP contribution in [0.5, 0.6) is 11.5 Å². The Morgan fingerprint density at radius 2 is 0.971 bits per heavy atom. The molecule has 184 valence electrons. The summed E-state index contributed by atoms with van der Waals surface area (Å²) in [4.78, 5) is 0. The molecule has 0 aliphatic carbocycles. The van der Waals surface area contributed by atoms with Gasteiger partial charge in [0.25, 0.3) is 0 Å². The largest absolute Gasteiger partial charge is 4.00 e. The molecule has 0 heterocycles. The summed E-state index contributed by atoms with van der Waals surface area (Å²) in [5, 5.41) is 0. The van der Waals surface area contributed by atoms with Crippen molar-refractivity contribution >= 4 is 0 Å².